The molecule has 0 fully saturated rings. The topological polar surface area (TPSA) is 70.6 Å². The fourth-order valence-corrected chi connectivity index (χ4v) is 2.06. The molecule has 0 aliphatic rings. The number of benzene rings is 2. The van der Waals surface area contributed by atoms with E-state index in [0.29, 0.717) is 11.3 Å². The lowest BCUT2D eigenvalue weighted by molar-refractivity contribution is -0.120. The summed E-state index contributed by atoms with van der Waals surface area (Å²) in [5.41, 5.74) is 5.64. The average molecular weight is 335 g/mol. The van der Waals surface area contributed by atoms with E-state index in [-0.39, 0.29) is 18.4 Å². The molecule has 2 rings (SSSR count). The second-order valence-electron chi connectivity index (χ2n) is 5.58. The van der Waals surface area contributed by atoms with E-state index in [1.807, 2.05) is 49.4 Å². The summed E-state index contributed by atoms with van der Waals surface area (Å²) in [6, 6.07) is 17.0. The summed E-state index contributed by atoms with van der Waals surface area (Å²) >= 11 is 0. The summed E-state index contributed by atoms with van der Waals surface area (Å²) in [5, 5.41) is 6.55. The maximum atomic E-state index is 12.0. The van der Waals surface area contributed by atoms with E-state index in [0.717, 1.165) is 11.1 Å². The highest BCUT2D eigenvalue weighted by Gasteiger charge is 2.07. The zero-order valence-electron chi connectivity index (χ0n) is 14.3. The monoisotopic (exact) mass is 335 g/mol. The normalized spacial score (nSPS) is 11.4. The van der Waals surface area contributed by atoms with Crippen molar-refractivity contribution in [3.05, 3.63) is 77.4 Å². The van der Waals surface area contributed by atoms with Crippen molar-refractivity contribution in [2.75, 3.05) is 6.54 Å². The molecule has 0 saturated heterocycles. The summed E-state index contributed by atoms with van der Waals surface area (Å²) in [6.45, 7) is 3.56. The number of carbonyl (C=O) groups excluding carboxylic acids is 2. The SMILES string of the molecule is CC(/C=C/c1ccccc1)=N\NC(=O)CNC(=O)c1cccc(C)c1. The molecule has 2 aromatic carbocycles. The van der Waals surface area contributed by atoms with Crippen LogP contribution in [0.4, 0.5) is 0 Å². The van der Waals surface area contributed by atoms with Gasteiger partial charge in [0.15, 0.2) is 0 Å². The van der Waals surface area contributed by atoms with E-state index in [9.17, 15) is 9.59 Å². The Morgan fingerprint density at radius 3 is 2.56 bits per heavy atom. The van der Waals surface area contributed by atoms with Gasteiger partial charge in [0.2, 0.25) is 0 Å². The van der Waals surface area contributed by atoms with Crippen LogP contribution in [0.2, 0.25) is 0 Å². The fraction of sp³-hybridized carbons (Fsp3) is 0.150. The lowest BCUT2D eigenvalue weighted by atomic mass is 10.1. The van der Waals surface area contributed by atoms with E-state index in [1.165, 1.54) is 0 Å². The molecule has 0 spiro atoms. The highest BCUT2D eigenvalue weighted by molar-refractivity contribution is 5.98. The average Bonchev–Trinajstić information content (AvgIpc) is 2.63. The number of rotatable bonds is 6. The van der Waals surface area contributed by atoms with E-state index < -0.39 is 0 Å². The van der Waals surface area contributed by atoms with Gasteiger partial charge in [-0.05, 0) is 37.6 Å². The number of hydrogen-bond acceptors (Lipinski definition) is 3. The number of hydrazone groups is 1. The van der Waals surface area contributed by atoms with Crippen LogP contribution in [0, 0.1) is 6.92 Å². The van der Waals surface area contributed by atoms with Crippen molar-refractivity contribution >= 4 is 23.6 Å². The van der Waals surface area contributed by atoms with Crippen LogP contribution >= 0.6 is 0 Å². The summed E-state index contributed by atoms with van der Waals surface area (Å²) in [6.07, 6.45) is 3.71. The Balaban J connectivity index is 1.79. The third kappa shape index (κ3) is 6.43. The smallest absolute Gasteiger partial charge is 0.259 e. The first-order valence-electron chi connectivity index (χ1n) is 7.96. The maximum absolute atomic E-state index is 12.0. The van der Waals surface area contributed by atoms with E-state index in [4.69, 9.17) is 0 Å². The predicted octanol–water partition coefficient (Wildman–Crippen LogP) is 2.93. The van der Waals surface area contributed by atoms with E-state index in [1.54, 1.807) is 31.2 Å². The Morgan fingerprint density at radius 1 is 1.08 bits per heavy atom. The number of nitrogens with one attached hydrogen (secondary N) is 2. The molecule has 0 heterocycles. The molecule has 0 aliphatic heterocycles. The Kier molecular flexibility index (Phi) is 6.65. The summed E-state index contributed by atoms with van der Waals surface area (Å²) in [7, 11) is 0. The second kappa shape index (κ2) is 9.17. The number of amides is 2. The highest BCUT2D eigenvalue weighted by atomic mass is 16.2. The molecule has 5 heteroatoms. The maximum Gasteiger partial charge on any atom is 0.259 e. The largest absolute Gasteiger partial charge is 0.343 e. The van der Waals surface area contributed by atoms with Crippen molar-refractivity contribution in [1.29, 1.82) is 0 Å². The van der Waals surface area contributed by atoms with Crippen molar-refractivity contribution in [1.82, 2.24) is 10.7 Å². The first-order valence-corrected chi connectivity index (χ1v) is 7.96. The van der Waals surface area contributed by atoms with Gasteiger partial charge >= 0.3 is 0 Å². The van der Waals surface area contributed by atoms with Gasteiger partial charge in [-0.2, -0.15) is 5.10 Å². The van der Waals surface area contributed by atoms with Crippen LogP contribution in [0.1, 0.15) is 28.4 Å². The molecule has 25 heavy (non-hydrogen) atoms. The molecule has 2 aromatic rings. The molecule has 2 amide bonds. The van der Waals surface area contributed by atoms with Gasteiger partial charge in [0.25, 0.3) is 11.8 Å². The van der Waals surface area contributed by atoms with Crippen LogP contribution < -0.4 is 10.7 Å². The molecular formula is C20H21N3O2. The van der Waals surface area contributed by atoms with Crippen molar-refractivity contribution in [2.24, 2.45) is 5.10 Å². The Bertz CT molecular complexity index is 796. The van der Waals surface area contributed by atoms with Crippen LogP contribution in [-0.4, -0.2) is 24.1 Å². The predicted molar refractivity (Wildman–Crippen MR) is 100 cm³/mol. The molecule has 0 unspecified atom stereocenters. The number of aryl methyl sites for hydroxylation is 1. The Labute approximate surface area is 147 Å². The number of allylic oxidation sites excluding steroid dienone is 1. The van der Waals surface area contributed by atoms with Crippen LogP contribution in [0.15, 0.2) is 65.8 Å². The van der Waals surface area contributed by atoms with Crippen LogP contribution in [0.3, 0.4) is 0 Å². The fourth-order valence-electron chi connectivity index (χ4n) is 2.06. The Hall–Kier alpha value is -3.21. The number of nitrogens with zero attached hydrogens (tertiary/aromatic N) is 1. The van der Waals surface area contributed by atoms with Crippen molar-refractivity contribution in [3.8, 4) is 0 Å². The summed E-state index contributed by atoms with van der Waals surface area (Å²) in [4.78, 5) is 23.7. The molecule has 0 aliphatic carbocycles. The van der Waals surface area contributed by atoms with Gasteiger partial charge in [-0.3, -0.25) is 9.59 Å². The first-order chi connectivity index (χ1) is 12.0. The number of hydrogen-bond donors (Lipinski definition) is 2. The minimum Gasteiger partial charge on any atom is -0.343 e. The lowest BCUT2D eigenvalue weighted by Gasteiger charge is -2.05. The highest BCUT2D eigenvalue weighted by Crippen LogP contribution is 2.03. The zero-order valence-corrected chi connectivity index (χ0v) is 14.3. The zero-order chi connectivity index (χ0) is 18.1. The summed E-state index contributed by atoms with van der Waals surface area (Å²) < 4.78 is 0. The van der Waals surface area contributed by atoms with Crippen LogP contribution in [-0.2, 0) is 4.79 Å². The van der Waals surface area contributed by atoms with Gasteiger partial charge in [0, 0.05) is 5.56 Å². The third-order valence-corrected chi connectivity index (χ3v) is 3.36. The molecule has 5 nitrogen and oxygen atoms in total. The molecule has 0 aromatic heterocycles. The quantitative estimate of drug-likeness (QED) is 0.629. The lowest BCUT2D eigenvalue weighted by Crippen LogP contribution is -2.35. The van der Waals surface area contributed by atoms with Crippen LogP contribution in [0.25, 0.3) is 6.08 Å². The van der Waals surface area contributed by atoms with Gasteiger partial charge in [-0.1, -0.05) is 54.1 Å². The van der Waals surface area contributed by atoms with Gasteiger partial charge in [-0.25, -0.2) is 5.43 Å². The molecule has 0 saturated carbocycles. The molecular weight excluding hydrogens is 314 g/mol. The molecule has 0 radical (unpaired) electrons. The third-order valence-electron chi connectivity index (χ3n) is 3.36. The van der Waals surface area contributed by atoms with Crippen molar-refractivity contribution < 1.29 is 9.59 Å². The van der Waals surface area contributed by atoms with Crippen LogP contribution in [0.5, 0.6) is 0 Å². The van der Waals surface area contributed by atoms with E-state index in [2.05, 4.69) is 15.8 Å². The molecule has 128 valence electrons. The van der Waals surface area contributed by atoms with Gasteiger partial charge in [0.05, 0.1) is 12.3 Å². The van der Waals surface area contributed by atoms with Crippen molar-refractivity contribution in [2.45, 2.75) is 13.8 Å². The van der Waals surface area contributed by atoms with Crippen molar-refractivity contribution in [3.63, 3.8) is 0 Å². The summed E-state index contributed by atoms with van der Waals surface area (Å²) in [5.74, 6) is -0.669. The minimum atomic E-state index is -0.381. The first kappa shape index (κ1) is 18.1. The Morgan fingerprint density at radius 2 is 1.84 bits per heavy atom. The molecule has 2 N–H and O–H groups in total. The van der Waals surface area contributed by atoms with E-state index >= 15 is 0 Å². The minimum absolute atomic E-state index is 0.133. The van der Waals surface area contributed by atoms with Gasteiger partial charge in [0.1, 0.15) is 0 Å². The standard InChI is InChI=1S/C20H21N3O2/c1-15-7-6-10-18(13-15)20(25)21-14-19(24)23-22-16(2)11-12-17-8-4-3-5-9-17/h3-13H,14H2,1-2H3,(H,21,25)(H,23,24)/b12-11+,22-16+. The molecule has 0 atom stereocenters. The second-order valence-corrected chi connectivity index (χ2v) is 5.58. The van der Waals surface area contributed by atoms with Gasteiger partial charge in [-0.15, -0.1) is 0 Å². The van der Waals surface area contributed by atoms with Gasteiger partial charge < -0.3 is 5.32 Å². The number of carbonyl (C=O) groups is 2. The molecule has 0 bridgehead atoms.